The SMILES string of the molecule is CN(C)C(=O)[C@H](OC(=O)CN1C(=O)Cc2ccccc2C1=O)c1ccccc1. The van der Waals surface area contributed by atoms with Crippen molar-refractivity contribution in [2.75, 3.05) is 20.6 Å². The molecule has 0 aliphatic carbocycles. The quantitative estimate of drug-likeness (QED) is 0.581. The number of carbonyl (C=O) groups is 4. The molecule has 2 aromatic carbocycles. The second kappa shape index (κ2) is 8.04. The van der Waals surface area contributed by atoms with E-state index in [0.29, 0.717) is 16.7 Å². The molecule has 2 aromatic rings. The van der Waals surface area contributed by atoms with Crippen LogP contribution in [0.1, 0.15) is 27.6 Å². The summed E-state index contributed by atoms with van der Waals surface area (Å²) in [7, 11) is 3.11. The van der Waals surface area contributed by atoms with E-state index >= 15 is 0 Å². The van der Waals surface area contributed by atoms with E-state index in [1.807, 2.05) is 0 Å². The Bertz CT molecular complexity index is 923. The predicted molar refractivity (Wildman–Crippen MR) is 100 cm³/mol. The van der Waals surface area contributed by atoms with Crippen LogP contribution in [-0.2, 0) is 25.5 Å². The standard InChI is InChI=1S/C21H20N2O5/c1-22(2)21(27)19(14-8-4-3-5-9-14)28-18(25)13-23-17(24)12-15-10-6-7-11-16(15)20(23)26/h3-11,19H,12-13H2,1-2H3/t19-/m1/s1. The zero-order valence-electron chi connectivity index (χ0n) is 15.6. The van der Waals surface area contributed by atoms with Crippen LogP contribution in [0.15, 0.2) is 54.6 Å². The van der Waals surface area contributed by atoms with Crippen LogP contribution in [0.3, 0.4) is 0 Å². The molecule has 1 aliphatic rings. The minimum atomic E-state index is -1.15. The number of hydrogen-bond acceptors (Lipinski definition) is 5. The van der Waals surface area contributed by atoms with Crippen molar-refractivity contribution in [3.8, 4) is 0 Å². The lowest BCUT2D eigenvalue weighted by Gasteiger charge is -2.27. The van der Waals surface area contributed by atoms with Crippen molar-refractivity contribution in [2.45, 2.75) is 12.5 Å². The Morgan fingerprint density at radius 2 is 1.68 bits per heavy atom. The molecule has 1 atom stereocenters. The smallest absolute Gasteiger partial charge is 0.327 e. The Labute approximate surface area is 162 Å². The van der Waals surface area contributed by atoms with Crippen LogP contribution in [-0.4, -0.2) is 54.1 Å². The van der Waals surface area contributed by atoms with Crippen molar-refractivity contribution >= 4 is 23.7 Å². The van der Waals surface area contributed by atoms with Gasteiger partial charge in [-0.25, -0.2) is 0 Å². The number of nitrogens with zero attached hydrogens (tertiary/aromatic N) is 2. The molecule has 1 aliphatic heterocycles. The van der Waals surface area contributed by atoms with E-state index < -0.39 is 36.3 Å². The van der Waals surface area contributed by atoms with E-state index in [1.54, 1.807) is 68.7 Å². The Hall–Kier alpha value is -3.48. The van der Waals surface area contributed by atoms with Gasteiger partial charge >= 0.3 is 5.97 Å². The summed E-state index contributed by atoms with van der Waals surface area (Å²) < 4.78 is 5.37. The third-order valence-corrected chi connectivity index (χ3v) is 4.44. The molecule has 0 fully saturated rings. The van der Waals surface area contributed by atoms with Gasteiger partial charge in [0.25, 0.3) is 11.8 Å². The fourth-order valence-electron chi connectivity index (χ4n) is 2.98. The summed E-state index contributed by atoms with van der Waals surface area (Å²) >= 11 is 0. The molecule has 0 saturated heterocycles. The average molecular weight is 380 g/mol. The number of hydrogen-bond donors (Lipinski definition) is 0. The van der Waals surface area contributed by atoms with Gasteiger partial charge in [-0.1, -0.05) is 48.5 Å². The summed E-state index contributed by atoms with van der Waals surface area (Å²) in [6.07, 6.45) is -1.11. The van der Waals surface area contributed by atoms with Gasteiger partial charge in [0.1, 0.15) is 6.54 Å². The molecular formula is C21H20N2O5. The van der Waals surface area contributed by atoms with Gasteiger partial charge in [0.2, 0.25) is 12.0 Å². The van der Waals surface area contributed by atoms with Gasteiger partial charge in [0.05, 0.1) is 6.42 Å². The number of likely N-dealkylation sites (N-methyl/N-ethyl adjacent to an activating group) is 1. The average Bonchev–Trinajstić information content (AvgIpc) is 2.69. The molecule has 0 saturated carbocycles. The van der Waals surface area contributed by atoms with E-state index in [0.717, 1.165) is 4.90 Å². The first-order valence-electron chi connectivity index (χ1n) is 8.76. The Kier molecular flexibility index (Phi) is 5.54. The van der Waals surface area contributed by atoms with Crippen LogP contribution in [0.25, 0.3) is 0 Å². The summed E-state index contributed by atoms with van der Waals surface area (Å²) in [6, 6.07) is 15.4. The van der Waals surface area contributed by atoms with Gasteiger partial charge in [0.15, 0.2) is 0 Å². The molecule has 0 unspecified atom stereocenters. The van der Waals surface area contributed by atoms with Gasteiger partial charge in [-0.2, -0.15) is 0 Å². The van der Waals surface area contributed by atoms with E-state index in [9.17, 15) is 19.2 Å². The number of rotatable bonds is 5. The summed E-state index contributed by atoms with van der Waals surface area (Å²) in [4.78, 5) is 52.0. The van der Waals surface area contributed by atoms with Crippen LogP contribution in [0.5, 0.6) is 0 Å². The van der Waals surface area contributed by atoms with Crippen LogP contribution in [0.4, 0.5) is 0 Å². The van der Waals surface area contributed by atoms with Crippen LogP contribution in [0.2, 0.25) is 0 Å². The van der Waals surface area contributed by atoms with Crippen molar-refractivity contribution < 1.29 is 23.9 Å². The highest BCUT2D eigenvalue weighted by atomic mass is 16.5. The van der Waals surface area contributed by atoms with Crippen molar-refractivity contribution in [3.05, 3.63) is 71.3 Å². The fourth-order valence-corrected chi connectivity index (χ4v) is 2.98. The molecule has 0 bridgehead atoms. The largest absolute Gasteiger partial charge is 0.446 e. The third-order valence-electron chi connectivity index (χ3n) is 4.44. The molecule has 144 valence electrons. The zero-order chi connectivity index (χ0) is 20.3. The number of fused-ring (bicyclic) bond motifs is 1. The van der Waals surface area contributed by atoms with E-state index in [4.69, 9.17) is 4.74 Å². The third kappa shape index (κ3) is 3.93. The lowest BCUT2D eigenvalue weighted by molar-refractivity contribution is -0.161. The lowest BCUT2D eigenvalue weighted by atomic mass is 9.98. The maximum atomic E-state index is 12.6. The van der Waals surface area contributed by atoms with Crippen molar-refractivity contribution in [1.82, 2.24) is 9.80 Å². The first-order valence-corrected chi connectivity index (χ1v) is 8.76. The maximum absolute atomic E-state index is 12.6. The van der Waals surface area contributed by atoms with E-state index in [2.05, 4.69) is 0 Å². The molecule has 1 heterocycles. The van der Waals surface area contributed by atoms with Crippen LogP contribution < -0.4 is 0 Å². The van der Waals surface area contributed by atoms with Gasteiger partial charge in [-0.15, -0.1) is 0 Å². The molecule has 0 radical (unpaired) electrons. The van der Waals surface area contributed by atoms with Crippen LogP contribution >= 0.6 is 0 Å². The molecule has 0 spiro atoms. The van der Waals surface area contributed by atoms with Crippen molar-refractivity contribution in [1.29, 1.82) is 0 Å². The van der Waals surface area contributed by atoms with Gasteiger partial charge < -0.3 is 9.64 Å². The number of carbonyl (C=O) groups excluding carboxylic acids is 4. The number of benzene rings is 2. The normalized spacial score (nSPS) is 14.3. The molecule has 0 N–H and O–H groups in total. The summed E-state index contributed by atoms with van der Waals surface area (Å²) in [6.45, 7) is -0.546. The first-order chi connectivity index (χ1) is 13.4. The topological polar surface area (TPSA) is 84.0 Å². The first kappa shape index (κ1) is 19.3. The molecule has 3 rings (SSSR count). The Balaban J connectivity index is 1.77. The second-order valence-corrected chi connectivity index (χ2v) is 6.63. The Morgan fingerprint density at radius 3 is 2.36 bits per heavy atom. The van der Waals surface area contributed by atoms with Gasteiger partial charge in [-0.05, 0) is 11.6 Å². The lowest BCUT2D eigenvalue weighted by Crippen LogP contribution is -2.46. The maximum Gasteiger partial charge on any atom is 0.327 e. The molecule has 28 heavy (non-hydrogen) atoms. The summed E-state index contributed by atoms with van der Waals surface area (Å²) in [5, 5.41) is 0. The number of imide groups is 1. The monoisotopic (exact) mass is 380 g/mol. The minimum absolute atomic E-state index is 0.0357. The highest BCUT2D eigenvalue weighted by molar-refractivity contribution is 6.11. The number of esters is 1. The van der Waals surface area contributed by atoms with Gasteiger partial charge in [-0.3, -0.25) is 24.1 Å². The number of amides is 3. The number of ether oxygens (including phenoxy) is 1. The van der Waals surface area contributed by atoms with Gasteiger partial charge in [0, 0.05) is 25.2 Å². The highest BCUT2D eigenvalue weighted by Gasteiger charge is 2.34. The molecule has 7 heteroatoms. The van der Waals surface area contributed by atoms with Crippen molar-refractivity contribution in [2.24, 2.45) is 0 Å². The van der Waals surface area contributed by atoms with E-state index in [1.165, 1.54) is 4.90 Å². The van der Waals surface area contributed by atoms with E-state index in [-0.39, 0.29) is 6.42 Å². The van der Waals surface area contributed by atoms with Crippen LogP contribution in [0, 0.1) is 0 Å². The fraction of sp³-hybridized carbons (Fsp3) is 0.238. The molecule has 3 amide bonds. The Morgan fingerprint density at radius 1 is 1.04 bits per heavy atom. The second-order valence-electron chi connectivity index (χ2n) is 6.63. The minimum Gasteiger partial charge on any atom is -0.446 e. The van der Waals surface area contributed by atoms with Crippen molar-refractivity contribution in [3.63, 3.8) is 0 Å². The summed E-state index contributed by atoms with van der Waals surface area (Å²) in [5.41, 5.74) is 1.53. The molecule has 7 nitrogen and oxygen atoms in total. The molecule has 0 aromatic heterocycles. The molecular weight excluding hydrogens is 360 g/mol. The zero-order valence-corrected chi connectivity index (χ0v) is 15.6. The predicted octanol–water partition coefficient (Wildman–Crippen LogP) is 1.58. The summed E-state index contributed by atoms with van der Waals surface area (Å²) in [5.74, 6) is -2.26. The highest BCUT2D eigenvalue weighted by Crippen LogP contribution is 2.22.